The molecule has 0 fully saturated rings. The maximum atomic E-state index is 14.0. The summed E-state index contributed by atoms with van der Waals surface area (Å²) in [5.41, 5.74) is 4.32. The Morgan fingerprint density at radius 3 is 2.52 bits per heavy atom. The third kappa shape index (κ3) is 3.12. The molecule has 6 heteroatoms. The van der Waals surface area contributed by atoms with Crippen LogP contribution >= 0.6 is 0 Å². The van der Waals surface area contributed by atoms with E-state index in [0.29, 0.717) is 23.4 Å². The maximum absolute atomic E-state index is 14.0. The smallest absolute Gasteiger partial charge is 0.160 e. The molecule has 0 aliphatic carbocycles. The fourth-order valence-electron chi connectivity index (χ4n) is 3.43. The van der Waals surface area contributed by atoms with Crippen LogP contribution < -0.4 is 0 Å². The van der Waals surface area contributed by atoms with Crippen molar-refractivity contribution in [2.75, 3.05) is 0 Å². The third-order valence-electron chi connectivity index (χ3n) is 5.06. The summed E-state index contributed by atoms with van der Waals surface area (Å²) < 4.78 is 29.9. The van der Waals surface area contributed by atoms with Crippen molar-refractivity contribution in [1.29, 1.82) is 0 Å². The summed E-state index contributed by atoms with van der Waals surface area (Å²) in [5.74, 6) is -1.17. The zero-order valence-corrected chi connectivity index (χ0v) is 15.6. The number of nitrogens with zero attached hydrogens (tertiary/aromatic N) is 4. The number of hydrogen-bond acceptors (Lipinski definition) is 3. The Bertz CT molecular complexity index is 1350. The van der Waals surface area contributed by atoms with Crippen LogP contribution in [0, 0.1) is 18.6 Å². The van der Waals surface area contributed by atoms with Gasteiger partial charge >= 0.3 is 0 Å². The molecule has 142 valence electrons. The average Bonchev–Trinajstić information content (AvgIpc) is 3.13. The summed E-state index contributed by atoms with van der Waals surface area (Å²) in [6.07, 6.45) is 3.50. The minimum atomic E-state index is -0.583. The van der Waals surface area contributed by atoms with Crippen molar-refractivity contribution < 1.29 is 8.78 Å². The monoisotopic (exact) mass is 386 g/mol. The van der Waals surface area contributed by atoms with Crippen molar-refractivity contribution in [2.45, 2.75) is 13.5 Å². The van der Waals surface area contributed by atoms with E-state index in [2.05, 4.69) is 21.0 Å². The van der Waals surface area contributed by atoms with Crippen molar-refractivity contribution >= 4 is 22.1 Å². The lowest BCUT2D eigenvalue weighted by molar-refractivity contribution is 0.569. The quantitative estimate of drug-likeness (QED) is 0.424. The Morgan fingerprint density at radius 1 is 0.897 bits per heavy atom. The Balaban J connectivity index is 1.55. The van der Waals surface area contributed by atoms with E-state index >= 15 is 0 Å². The molecule has 0 spiro atoms. The predicted octanol–water partition coefficient (Wildman–Crippen LogP) is 5.28. The average molecular weight is 386 g/mol. The van der Waals surface area contributed by atoms with Gasteiger partial charge in [-0.3, -0.25) is 4.98 Å². The van der Waals surface area contributed by atoms with Gasteiger partial charge in [-0.2, -0.15) is 0 Å². The third-order valence-corrected chi connectivity index (χ3v) is 5.06. The molecule has 0 bridgehead atoms. The molecule has 5 aromatic rings. The molecule has 3 aromatic heterocycles. The van der Waals surface area contributed by atoms with Gasteiger partial charge in [0, 0.05) is 22.7 Å². The molecule has 0 saturated heterocycles. The van der Waals surface area contributed by atoms with Crippen LogP contribution in [0.25, 0.3) is 33.3 Å². The minimum Gasteiger partial charge on any atom is -0.311 e. The highest BCUT2D eigenvalue weighted by Gasteiger charge is 2.12. The Kier molecular flexibility index (Phi) is 4.05. The number of fused-ring (bicyclic) bond motifs is 2. The zero-order valence-electron chi connectivity index (χ0n) is 15.6. The second-order valence-electron chi connectivity index (χ2n) is 7.01. The van der Waals surface area contributed by atoms with Crippen LogP contribution in [0.1, 0.15) is 11.1 Å². The van der Waals surface area contributed by atoms with Crippen molar-refractivity contribution in [1.82, 2.24) is 19.5 Å². The van der Waals surface area contributed by atoms with Crippen LogP contribution in [-0.4, -0.2) is 19.5 Å². The van der Waals surface area contributed by atoms with E-state index in [-0.39, 0.29) is 5.56 Å². The molecule has 2 aromatic carbocycles. The highest BCUT2D eigenvalue weighted by Crippen LogP contribution is 2.25. The van der Waals surface area contributed by atoms with E-state index in [0.717, 1.165) is 22.0 Å². The number of benzene rings is 2. The summed E-state index contributed by atoms with van der Waals surface area (Å²) in [6, 6.07) is 16.2. The van der Waals surface area contributed by atoms with Gasteiger partial charge in [-0.25, -0.2) is 18.7 Å². The molecule has 3 heterocycles. The van der Waals surface area contributed by atoms with E-state index in [9.17, 15) is 8.78 Å². The summed E-state index contributed by atoms with van der Waals surface area (Å²) in [4.78, 5) is 13.4. The standard InChI is InChI=1S/C23H16F2N4/c1-14-18(24)10-17(11-19(14)25)21-6-7-22-23(28-21)29(13-27-22)12-15-4-5-20-16(9-15)3-2-8-26-20/h2-11,13H,12H2,1H3. The molecular weight excluding hydrogens is 370 g/mol. The van der Waals surface area contributed by atoms with Crippen LogP contribution in [-0.2, 0) is 6.54 Å². The lowest BCUT2D eigenvalue weighted by atomic mass is 10.1. The first-order valence-corrected chi connectivity index (χ1v) is 9.20. The van der Waals surface area contributed by atoms with Gasteiger partial charge in [0.25, 0.3) is 0 Å². The highest BCUT2D eigenvalue weighted by molar-refractivity contribution is 5.79. The largest absolute Gasteiger partial charge is 0.311 e. The van der Waals surface area contributed by atoms with Crippen molar-refractivity contribution in [3.05, 3.63) is 89.9 Å². The predicted molar refractivity (Wildman–Crippen MR) is 108 cm³/mol. The number of imidazole rings is 1. The number of pyridine rings is 2. The molecule has 29 heavy (non-hydrogen) atoms. The molecule has 0 atom stereocenters. The van der Waals surface area contributed by atoms with Gasteiger partial charge in [0.2, 0.25) is 0 Å². The summed E-state index contributed by atoms with van der Waals surface area (Å²) in [7, 11) is 0. The van der Waals surface area contributed by atoms with Gasteiger partial charge in [-0.05, 0) is 55.0 Å². The molecule has 5 rings (SSSR count). The first-order valence-electron chi connectivity index (χ1n) is 9.20. The van der Waals surface area contributed by atoms with E-state index < -0.39 is 11.6 Å². The van der Waals surface area contributed by atoms with E-state index in [1.807, 2.05) is 34.9 Å². The summed E-state index contributed by atoms with van der Waals surface area (Å²) >= 11 is 0. The van der Waals surface area contributed by atoms with Gasteiger partial charge in [-0.1, -0.05) is 12.1 Å². The van der Waals surface area contributed by atoms with Crippen molar-refractivity contribution in [3.63, 3.8) is 0 Å². The van der Waals surface area contributed by atoms with E-state index in [1.54, 1.807) is 18.6 Å². The van der Waals surface area contributed by atoms with Gasteiger partial charge in [0.05, 0.1) is 24.1 Å². The lowest BCUT2D eigenvalue weighted by Crippen LogP contribution is -2.00. The number of aromatic nitrogens is 4. The molecule has 4 nitrogen and oxygen atoms in total. The molecular formula is C23H16F2N4. The molecule has 0 aliphatic heterocycles. The molecule has 0 N–H and O–H groups in total. The normalized spacial score (nSPS) is 11.4. The van der Waals surface area contributed by atoms with E-state index in [4.69, 9.17) is 0 Å². The first kappa shape index (κ1) is 17.4. The van der Waals surface area contributed by atoms with Crippen LogP contribution in [0.5, 0.6) is 0 Å². The lowest BCUT2D eigenvalue weighted by Gasteiger charge is -2.08. The Hall–Kier alpha value is -3.67. The summed E-state index contributed by atoms with van der Waals surface area (Å²) in [6.45, 7) is 1.99. The molecule has 0 aliphatic rings. The van der Waals surface area contributed by atoms with Crippen LogP contribution in [0.2, 0.25) is 0 Å². The number of halogens is 2. The van der Waals surface area contributed by atoms with E-state index in [1.165, 1.54) is 19.1 Å². The van der Waals surface area contributed by atoms with Crippen molar-refractivity contribution in [3.8, 4) is 11.3 Å². The van der Waals surface area contributed by atoms with Gasteiger partial charge in [0.1, 0.15) is 17.2 Å². The molecule has 0 radical (unpaired) electrons. The Morgan fingerprint density at radius 2 is 1.69 bits per heavy atom. The van der Waals surface area contributed by atoms with Gasteiger partial charge in [0.15, 0.2) is 5.65 Å². The second kappa shape index (κ2) is 6.74. The molecule has 0 unspecified atom stereocenters. The van der Waals surface area contributed by atoms with Crippen LogP contribution in [0.3, 0.4) is 0 Å². The van der Waals surface area contributed by atoms with Gasteiger partial charge < -0.3 is 4.57 Å². The Labute approximate surface area is 165 Å². The maximum Gasteiger partial charge on any atom is 0.160 e. The number of rotatable bonds is 3. The van der Waals surface area contributed by atoms with Crippen molar-refractivity contribution in [2.24, 2.45) is 0 Å². The fraction of sp³-hybridized carbons (Fsp3) is 0.0870. The molecule has 0 amide bonds. The van der Waals surface area contributed by atoms with Crippen LogP contribution in [0.15, 0.2) is 67.1 Å². The fourth-order valence-corrected chi connectivity index (χ4v) is 3.43. The zero-order chi connectivity index (χ0) is 20.0. The first-order chi connectivity index (χ1) is 14.1. The second-order valence-corrected chi connectivity index (χ2v) is 7.01. The topological polar surface area (TPSA) is 43.6 Å². The number of hydrogen-bond donors (Lipinski definition) is 0. The van der Waals surface area contributed by atoms with Crippen LogP contribution in [0.4, 0.5) is 8.78 Å². The highest BCUT2D eigenvalue weighted by atomic mass is 19.1. The minimum absolute atomic E-state index is 0.00524. The van der Waals surface area contributed by atoms with Gasteiger partial charge in [-0.15, -0.1) is 0 Å². The SMILES string of the molecule is Cc1c(F)cc(-c2ccc3ncn(Cc4ccc5ncccc5c4)c3n2)cc1F. The summed E-state index contributed by atoms with van der Waals surface area (Å²) in [5, 5.41) is 1.06. The molecule has 0 saturated carbocycles.